The first-order valence-corrected chi connectivity index (χ1v) is 6.87. The van der Waals surface area contributed by atoms with E-state index in [0.717, 1.165) is 5.56 Å². The molecule has 0 saturated carbocycles. The van der Waals surface area contributed by atoms with E-state index >= 15 is 0 Å². The van der Waals surface area contributed by atoms with Gasteiger partial charge in [0.1, 0.15) is 18.2 Å². The van der Waals surface area contributed by atoms with Gasteiger partial charge in [-0.15, -0.1) is 0 Å². The number of hydrogen-bond donors (Lipinski definition) is 0. The SMILES string of the molecule is COCCOC(=O)/C(C#N)=C\c1cn(C)nc1-c1ccncc1. The highest BCUT2D eigenvalue weighted by atomic mass is 16.6. The number of nitrogens with zero attached hydrogens (tertiary/aromatic N) is 4. The maximum atomic E-state index is 11.9. The Morgan fingerprint density at radius 2 is 2.13 bits per heavy atom. The van der Waals surface area contributed by atoms with Crippen LogP contribution in [0.1, 0.15) is 5.56 Å². The first-order chi connectivity index (χ1) is 11.2. The Balaban J connectivity index is 2.30. The summed E-state index contributed by atoms with van der Waals surface area (Å²) in [5.74, 6) is -0.686. The minimum Gasteiger partial charge on any atom is -0.459 e. The molecular weight excluding hydrogens is 296 g/mol. The monoisotopic (exact) mass is 312 g/mol. The average Bonchev–Trinajstić information content (AvgIpc) is 2.94. The molecular formula is C16H16N4O3. The fourth-order valence-electron chi connectivity index (χ4n) is 1.93. The number of aryl methyl sites for hydroxylation is 1. The quantitative estimate of drug-likeness (QED) is 0.348. The van der Waals surface area contributed by atoms with E-state index in [1.54, 1.807) is 30.3 Å². The Hall–Kier alpha value is -2.98. The summed E-state index contributed by atoms with van der Waals surface area (Å²) in [6.07, 6.45) is 6.51. The highest BCUT2D eigenvalue weighted by molar-refractivity contribution is 5.98. The Morgan fingerprint density at radius 3 is 2.78 bits per heavy atom. The molecule has 0 aliphatic rings. The zero-order valence-electron chi connectivity index (χ0n) is 12.9. The van der Waals surface area contributed by atoms with Gasteiger partial charge in [-0.05, 0) is 18.2 Å². The molecule has 0 radical (unpaired) electrons. The van der Waals surface area contributed by atoms with Crippen molar-refractivity contribution >= 4 is 12.0 Å². The summed E-state index contributed by atoms with van der Waals surface area (Å²) in [4.78, 5) is 15.9. The van der Waals surface area contributed by atoms with E-state index in [2.05, 4.69) is 10.1 Å². The third-order valence-corrected chi connectivity index (χ3v) is 2.97. The van der Waals surface area contributed by atoms with Crippen molar-refractivity contribution in [3.05, 3.63) is 41.9 Å². The van der Waals surface area contributed by atoms with Gasteiger partial charge in [0, 0.05) is 43.9 Å². The molecule has 118 valence electrons. The summed E-state index contributed by atoms with van der Waals surface area (Å²) >= 11 is 0. The molecule has 0 aliphatic heterocycles. The second kappa shape index (κ2) is 7.87. The van der Waals surface area contributed by atoms with Gasteiger partial charge < -0.3 is 9.47 Å². The van der Waals surface area contributed by atoms with Gasteiger partial charge in [-0.1, -0.05) is 0 Å². The van der Waals surface area contributed by atoms with Crippen LogP contribution in [0.25, 0.3) is 17.3 Å². The minimum atomic E-state index is -0.686. The number of ether oxygens (including phenoxy) is 2. The number of esters is 1. The first kappa shape index (κ1) is 16.4. The molecule has 0 aliphatic carbocycles. The van der Waals surface area contributed by atoms with Gasteiger partial charge in [-0.2, -0.15) is 10.4 Å². The Bertz CT molecular complexity index is 744. The molecule has 23 heavy (non-hydrogen) atoms. The van der Waals surface area contributed by atoms with Gasteiger partial charge in [-0.3, -0.25) is 9.67 Å². The van der Waals surface area contributed by atoms with Gasteiger partial charge in [0.25, 0.3) is 0 Å². The number of rotatable bonds is 6. The third kappa shape index (κ3) is 4.25. The fraction of sp³-hybridized carbons (Fsp3) is 0.250. The van der Waals surface area contributed by atoms with Gasteiger partial charge in [0.2, 0.25) is 0 Å². The topological polar surface area (TPSA) is 90.0 Å². The maximum absolute atomic E-state index is 11.9. The van der Waals surface area contributed by atoms with E-state index in [4.69, 9.17) is 9.47 Å². The highest BCUT2D eigenvalue weighted by Gasteiger charge is 2.14. The van der Waals surface area contributed by atoms with Crippen LogP contribution in [0.4, 0.5) is 0 Å². The summed E-state index contributed by atoms with van der Waals surface area (Å²) in [7, 11) is 3.27. The summed E-state index contributed by atoms with van der Waals surface area (Å²) < 4.78 is 11.4. The third-order valence-electron chi connectivity index (χ3n) is 2.97. The van der Waals surface area contributed by atoms with Crippen molar-refractivity contribution in [2.45, 2.75) is 0 Å². The summed E-state index contributed by atoms with van der Waals surface area (Å²) in [5, 5.41) is 13.6. The van der Waals surface area contributed by atoms with Gasteiger partial charge >= 0.3 is 5.97 Å². The molecule has 0 aromatic carbocycles. The van der Waals surface area contributed by atoms with E-state index in [9.17, 15) is 10.1 Å². The van der Waals surface area contributed by atoms with Crippen molar-refractivity contribution in [3.8, 4) is 17.3 Å². The van der Waals surface area contributed by atoms with Crippen LogP contribution in [0, 0.1) is 11.3 Å². The molecule has 0 spiro atoms. The molecule has 0 amide bonds. The van der Waals surface area contributed by atoms with Gasteiger partial charge in [0.05, 0.1) is 12.3 Å². The highest BCUT2D eigenvalue weighted by Crippen LogP contribution is 2.23. The molecule has 0 fully saturated rings. The number of hydrogen-bond acceptors (Lipinski definition) is 6. The fourth-order valence-corrected chi connectivity index (χ4v) is 1.93. The Kier molecular flexibility index (Phi) is 5.61. The predicted molar refractivity (Wildman–Crippen MR) is 82.9 cm³/mol. The van der Waals surface area contributed by atoms with Crippen molar-refractivity contribution in [3.63, 3.8) is 0 Å². The van der Waals surface area contributed by atoms with E-state index in [1.807, 2.05) is 18.2 Å². The number of carbonyl (C=O) groups is 1. The molecule has 7 heteroatoms. The number of aromatic nitrogens is 3. The van der Waals surface area contributed by atoms with Gasteiger partial charge in [0.15, 0.2) is 0 Å². The van der Waals surface area contributed by atoms with E-state index in [0.29, 0.717) is 11.3 Å². The van der Waals surface area contributed by atoms with Crippen LogP contribution >= 0.6 is 0 Å². The number of methoxy groups -OCH3 is 1. The molecule has 7 nitrogen and oxygen atoms in total. The van der Waals surface area contributed by atoms with Crippen molar-refractivity contribution in [1.82, 2.24) is 14.8 Å². The van der Waals surface area contributed by atoms with Crippen LogP contribution in [0.5, 0.6) is 0 Å². The molecule has 2 heterocycles. The molecule has 0 saturated heterocycles. The summed E-state index contributed by atoms with van der Waals surface area (Å²) in [6, 6.07) is 5.48. The van der Waals surface area contributed by atoms with Gasteiger partial charge in [-0.25, -0.2) is 4.79 Å². The van der Waals surface area contributed by atoms with E-state index in [1.165, 1.54) is 13.2 Å². The predicted octanol–water partition coefficient (Wildman–Crippen LogP) is 1.58. The summed E-state index contributed by atoms with van der Waals surface area (Å²) in [5.41, 5.74) is 2.06. The first-order valence-electron chi connectivity index (χ1n) is 6.87. The zero-order chi connectivity index (χ0) is 16.7. The van der Waals surface area contributed by atoms with E-state index < -0.39 is 5.97 Å². The van der Waals surface area contributed by atoms with Crippen molar-refractivity contribution in [2.75, 3.05) is 20.3 Å². The zero-order valence-corrected chi connectivity index (χ0v) is 12.9. The standard InChI is InChI=1S/C16H16N4O3/c1-20-11-14(15(19-20)12-3-5-18-6-4-12)9-13(10-17)16(21)23-8-7-22-2/h3-6,9,11H,7-8H2,1-2H3/b13-9-. The number of nitriles is 1. The second-order valence-electron chi connectivity index (χ2n) is 4.64. The normalized spacial score (nSPS) is 11.1. The van der Waals surface area contributed by atoms with Crippen LogP contribution in [-0.2, 0) is 21.3 Å². The van der Waals surface area contributed by atoms with Crippen LogP contribution in [-0.4, -0.2) is 41.1 Å². The molecule has 0 atom stereocenters. The van der Waals surface area contributed by atoms with Crippen LogP contribution < -0.4 is 0 Å². The van der Waals surface area contributed by atoms with E-state index in [-0.39, 0.29) is 18.8 Å². The van der Waals surface area contributed by atoms with Crippen LogP contribution in [0.2, 0.25) is 0 Å². The second-order valence-corrected chi connectivity index (χ2v) is 4.64. The lowest BCUT2D eigenvalue weighted by atomic mass is 10.1. The molecule has 2 aromatic heterocycles. The van der Waals surface area contributed by atoms with Crippen molar-refractivity contribution < 1.29 is 14.3 Å². The molecule has 2 rings (SSSR count). The van der Waals surface area contributed by atoms with Crippen LogP contribution in [0.3, 0.4) is 0 Å². The Morgan fingerprint density at radius 1 is 1.39 bits per heavy atom. The molecule has 2 aromatic rings. The molecule has 0 N–H and O–H groups in total. The molecule has 0 bridgehead atoms. The van der Waals surface area contributed by atoms with Crippen LogP contribution in [0.15, 0.2) is 36.3 Å². The molecule has 0 unspecified atom stereocenters. The average molecular weight is 312 g/mol. The minimum absolute atomic E-state index is 0.0931. The largest absolute Gasteiger partial charge is 0.459 e. The lowest BCUT2D eigenvalue weighted by Gasteiger charge is -2.03. The maximum Gasteiger partial charge on any atom is 0.348 e. The van der Waals surface area contributed by atoms with Crippen molar-refractivity contribution in [1.29, 1.82) is 5.26 Å². The number of carbonyl (C=O) groups excluding carboxylic acids is 1. The summed E-state index contributed by atoms with van der Waals surface area (Å²) in [6.45, 7) is 0.373. The lowest BCUT2D eigenvalue weighted by Crippen LogP contribution is -2.11. The Labute approximate surface area is 133 Å². The smallest absolute Gasteiger partial charge is 0.348 e. The number of pyridine rings is 1. The lowest BCUT2D eigenvalue weighted by molar-refractivity contribution is -0.139. The van der Waals surface area contributed by atoms with Crippen molar-refractivity contribution in [2.24, 2.45) is 7.05 Å².